The number of carbonyl (C=O) groups excluding carboxylic acids is 1. The van der Waals surface area contributed by atoms with Crippen LogP contribution in [0.5, 0.6) is 0 Å². The normalized spacial score (nSPS) is 14.2. The molecule has 3 rings (SSSR count). The van der Waals surface area contributed by atoms with Crippen LogP contribution < -0.4 is 5.56 Å². The van der Waals surface area contributed by atoms with Crippen LogP contribution in [0.2, 0.25) is 0 Å². The van der Waals surface area contributed by atoms with Crippen LogP contribution in [0, 0.1) is 5.92 Å². The zero-order valence-corrected chi connectivity index (χ0v) is 12.9. The van der Waals surface area contributed by atoms with Crippen molar-refractivity contribution in [1.29, 1.82) is 0 Å². The molecule has 0 radical (unpaired) electrons. The first kappa shape index (κ1) is 14.8. The third-order valence-electron chi connectivity index (χ3n) is 4.07. The van der Waals surface area contributed by atoms with E-state index in [4.69, 9.17) is 0 Å². The maximum atomic E-state index is 12.6. The molecule has 0 aliphatic heterocycles. The highest BCUT2D eigenvalue weighted by atomic mass is 16.2. The lowest BCUT2D eigenvalue weighted by atomic mass is 10.3. The van der Waals surface area contributed by atoms with Crippen molar-refractivity contribution in [3.63, 3.8) is 0 Å². The predicted molar refractivity (Wildman–Crippen MR) is 85.6 cm³/mol. The molecule has 5 nitrogen and oxygen atoms in total. The zero-order chi connectivity index (χ0) is 15.5. The Kier molecular flexibility index (Phi) is 4.22. The fourth-order valence-electron chi connectivity index (χ4n) is 2.71. The lowest BCUT2D eigenvalue weighted by Crippen LogP contribution is -2.38. The Balaban J connectivity index is 1.86. The molecule has 1 aliphatic rings. The summed E-state index contributed by atoms with van der Waals surface area (Å²) >= 11 is 0. The number of rotatable bonds is 6. The minimum atomic E-state index is -0.227. The van der Waals surface area contributed by atoms with Crippen LogP contribution in [0.3, 0.4) is 0 Å². The summed E-state index contributed by atoms with van der Waals surface area (Å²) in [5.41, 5.74) is 1.22. The van der Waals surface area contributed by atoms with Gasteiger partial charge in [0.05, 0.1) is 17.2 Å². The molecule has 0 N–H and O–H groups in total. The van der Waals surface area contributed by atoms with E-state index >= 15 is 0 Å². The Bertz CT molecular complexity index is 734. The van der Waals surface area contributed by atoms with Gasteiger partial charge in [-0.2, -0.15) is 0 Å². The van der Waals surface area contributed by atoms with Gasteiger partial charge in [-0.05, 0) is 37.3 Å². The standard InChI is InChI=1S/C17H21N3O2/c1-2-9-19(11-13-7-8-13)17(22)12-20-15-6-4-3-5-14(15)18-10-16(20)21/h3-6,10,13H,2,7-9,11-12H2,1H3. The summed E-state index contributed by atoms with van der Waals surface area (Å²) in [6.45, 7) is 3.74. The molecule has 0 bridgehead atoms. The Hall–Kier alpha value is -2.17. The first-order valence-corrected chi connectivity index (χ1v) is 7.91. The van der Waals surface area contributed by atoms with Crippen LogP contribution in [0.25, 0.3) is 11.0 Å². The Morgan fingerprint density at radius 2 is 2.14 bits per heavy atom. The number of para-hydroxylation sites is 2. The first-order chi connectivity index (χ1) is 10.7. The maximum Gasteiger partial charge on any atom is 0.269 e. The average molecular weight is 299 g/mol. The number of hydrogen-bond acceptors (Lipinski definition) is 3. The third-order valence-corrected chi connectivity index (χ3v) is 4.07. The molecule has 5 heteroatoms. The van der Waals surface area contributed by atoms with Crippen molar-refractivity contribution >= 4 is 16.9 Å². The second kappa shape index (κ2) is 6.30. The lowest BCUT2D eigenvalue weighted by molar-refractivity contribution is -0.132. The molecule has 1 heterocycles. The van der Waals surface area contributed by atoms with E-state index in [-0.39, 0.29) is 18.0 Å². The number of carbonyl (C=O) groups is 1. The molecule has 0 unspecified atom stereocenters. The average Bonchev–Trinajstić information content (AvgIpc) is 3.34. The van der Waals surface area contributed by atoms with Gasteiger partial charge in [-0.1, -0.05) is 19.1 Å². The fraction of sp³-hybridized carbons (Fsp3) is 0.471. The van der Waals surface area contributed by atoms with E-state index in [1.54, 1.807) is 0 Å². The molecule has 1 fully saturated rings. The fourth-order valence-corrected chi connectivity index (χ4v) is 2.71. The van der Waals surface area contributed by atoms with E-state index in [0.717, 1.165) is 25.0 Å². The second-order valence-electron chi connectivity index (χ2n) is 5.95. The second-order valence-corrected chi connectivity index (χ2v) is 5.95. The first-order valence-electron chi connectivity index (χ1n) is 7.91. The van der Waals surface area contributed by atoms with Crippen molar-refractivity contribution in [2.24, 2.45) is 5.92 Å². The molecule has 1 aromatic carbocycles. The molecule has 116 valence electrons. The van der Waals surface area contributed by atoms with Crippen molar-refractivity contribution in [3.05, 3.63) is 40.8 Å². The Labute approximate surface area is 129 Å². The van der Waals surface area contributed by atoms with Gasteiger partial charge in [-0.25, -0.2) is 4.98 Å². The van der Waals surface area contributed by atoms with Crippen molar-refractivity contribution in [2.75, 3.05) is 13.1 Å². The predicted octanol–water partition coefficient (Wildman–Crippen LogP) is 2.05. The van der Waals surface area contributed by atoms with Crippen LogP contribution in [-0.2, 0) is 11.3 Å². The summed E-state index contributed by atoms with van der Waals surface area (Å²) in [5, 5.41) is 0. The van der Waals surface area contributed by atoms with Gasteiger partial charge < -0.3 is 4.90 Å². The van der Waals surface area contributed by atoms with Gasteiger partial charge in [-0.3, -0.25) is 14.2 Å². The minimum Gasteiger partial charge on any atom is -0.341 e. The summed E-state index contributed by atoms with van der Waals surface area (Å²) in [6.07, 6.45) is 4.66. The molecular weight excluding hydrogens is 278 g/mol. The monoisotopic (exact) mass is 299 g/mol. The number of nitrogens with zero attached hydrogens (tertiary/aromatic N) is 3. The molecular formula is C17H21N3O2. The summed E-state index contributed by atoms with van der Waals surface area (Å²) < 4.78 is 1.53. The SMILES string of the molecule is CCCN(CC1CC1)C(=O)Cn1c(=O)cnc2ccccc21. The van der Waals surface area contributed by atoms with Crippen LogP contribution in [0.15, 0.2) is 35.3 Å². The quantitative estimate of drug-likeness (QED) is 0.820. The van der Waals surface area contributed by atoms with Gasteiger partial charge >= 0.3 is 0 Å². The smallest absolute Gasteiger partial charge is 0.269 e. The van der Waals surface area contributed by atoms with E-state index in [1.807, 2.05) is 29.2 Å². The van der Waals surface area contributed by atoms with Gasteiger partial charge in [-0.15, -0.1) is 0 Å². The molecule has 1 aliphatic carbocycles. The van der Waals surface area contributed by atoms with Crippen molar-refractivity contribution in [1.82, 2.24) is 14.5 Å². The Morgan fingerprint density at radius 1 is 1.36 bits per heavy atom. The lowest BCUT2D eigenvalue weighted by Gasteiger charge is -2.22. The van der Waals surface area contributed by atoms with Gasteiger partial charge in [0.15, 0.2) is 0 Å². The molecule has 1 aromatic heterocycles. The van der Waals surface area contributed by atoms with Gasteiger partial charge in [0.2, 0.25) is 5.91 Å². The van der Waals surface area contributed by atoms with E-state index in [9.17, 15) is 9.59 Å². The maximum absolute atomic E-state index is 12.6. The summed E-state index contributed by atoms with van der Waals surface area (Å²) in [6, 6.07) is 7.42. The minimum absolute atomic E-state index is 0.0206. The molecule has 22 heavy (non-hydrogen) atoms. The molecule has 1 amide bonds. The van der Waals surface area contributed by atoms with E-state index < -0.39 is 0 Å². The zero-order valence-electron chi connectivity index (χ0n) is 12.9. The number of benzene rings is 1. The van der Waals surface area contributed by atoms with Gasteiger partial charge in [0, 0.05) is 13.1 Å². The third kappa shape index (κ3) is 3.18. The molecule has 0 spiro atoms. The number of fused-ring (bicyclic) bond motifs is 1. The highest BCUT2D eigenvalue weighted by molar-refractivity contribution is 5.80. The van der Waals surface area contributed by atoms with Crippen molar-refractivity contribution < 1.29 is 4.79 Å². The summed E-state index contributed by atoms with van der Waals surface area (Å²) in [5.74, 6) is 0.675. The van der Waals surface area contributed by atoms with Crippen LogP contribution in [0.1, 0.15) is 26.2 Å². The topological polar surface area (TPSA) is 55.2 Å². The highest BCUT2D eigenvalue weighted by Crippen LogP contribution is 2.29. The van der Waals surface area contributed by atoms with Crippen LogP contribution in [-0.4, -0.2) is 33.4 Å². The van der Waals surface area contributed by atoms with Gasteiger partial charge in [0.25, 0.3) is 5.56 Å². The van der Waals surface area contributed by atoms with Gasteiger partial charge in [0.1, 0.15) is 6.54 Å². The van der Waals surface area contributed by atoms with Crippen molar-refractivity contribution in [3.8, 4) is 0 Å². The molecule has 0 saturated heterocycles. The molecule has 0 atom stereocenters. The number of amides is 1. The van der Waals surface area contributed by atoms with E-state index in [1.165, 1.54) is 23.6 Å². The Morgan fingerprint density at radius 3 is 2.86 bits per heavy atom. The summed E-state index contributed by atoms with van der Waals surface area (Å²) in [7, 11) is 0. The summed E-state index contributed by atoms with van der Waals surface area (Å²) in [4.78, 5) is 30.8. The highest BCUT2D eigenvalue weighted by Gasteiger charge is 2.26. The van der Waals surface area contributed by atoms with Crippen molar-refractivity contribution in [2.45, 2.75) is 32.7 Å². The molecule has 1 saturated carbocycles. The van der Waals surface area contributed by atoms with Crippen LogP contribution in [0.4, 0.5) is 0 Å². The van der Waals surface area contributed by atoms with Crippen LogP contribution >= 0.6 is 0 Å². The number of aromatic nitrogens is 2. The van der Waals surface area contributed by atoms with E-state index in [0.29, 0.717) is 11.4 Å². The van der Waals surface area contributed by atoms with E-state index in [2.05, 4.69) is 11.9 Å². The largest absolute Gasteiger partial charge is 0.341 e. The molecule has 2 aromatic rings. The number of hydrogen-bond donors (Lipinski definition) is 0.